The third kappa shape index (κ3) is 4.17. The van der Waals surface area contributed by atoms with Gasteiger partial charge in [0.25, 0.3) is 0 Å². The molecule has 0 bridgehead atoms. The summed E-state index contributed by atoms with van der Waals surface area (Å²) in [6, 6.07) is 6.23. The van der Waals surface area contributed by atoms with E-state index in [4.69, 9.17) is 5.73 Å². The van der Waals surface area contributed by atoms with Crippen molar-refractivity contribution in [3.05, 3.63) is 29.3 Å². The fourth-order valence-corrected chi connectivity index (χ4v) is 3.28. The summed E-state index contributed by atoms with van der Waals surface area (Å²) in [5.41, 5.74) is 9.19. The summed E-state index contributed by atoms with van der Waals surface area (Å²) in [5.74, 6) is 1.32. The minimum Gasteiger partial charge on any atom is -0.399 e. The predicted molar refractivity (Wildman–Crippen MR) is 86.9 cm³/mol. The van der Waals surface area contributed by atoms with Crippen molar-refractivity contribution >= 4 is 23.4 Å². The van der Waals surface area contributed by atoms with Gasteiger partial charge >= 0.3 is 0 Å². The minimum atomic E-state index is 0.174. The number of thioether (sulfide) groups is 1. The van der Waals surface area contributed by atoms with Crippen LogP contribution >= 0.6 is 11.8 Å². The lowest BCUT2D eigenvalue weighted by molar-refractivity contribution is -0.122. The molecule has 1 aliphatic rings. The monoisotopic (exact) mass is 292 g/mol. The van der Waals surface area contributed by atoms with E-state index >= 15 is 0 Å². The lowest BCUT2D eigenvalue weighted by atomic mass is 9.87. The Hall–Kier alpha value is -1.16. The van der Waals surface area contributed by atoms with E-state index in [1.54, 1.807) is 0 Å². The van der Waals surface area contributed by atoms with Gasteiger partial charge in [-0.3, -0.25) is 4.79 Å². The number of aryl methyl sites for hydroxylation is 1. The number of nitrogens with two attached hydrogens (primary N) is 1. The topological polar surface area (TPSA) is 55.1 Å². The van der Waals surface area contributed by atoms with Crippen LogP contribution in [0.2, 0.25) is 0 Å². The highest BCUT2D eigenvalue weighted by molar-refractivity contribution is 7.98. The van der Waals surface area contributed by atoms with Crippen molar-refractivity contribution < 1.29 is 4.79 Å². The summed E-state index contributed by atoms with van der Waals surface area (Å²) in [7, 11) is 0. The van der Waals surface area contributed by atoms with Gasteiger partial charge in [-0.1, -0.05) is 6.07 Å². The molecule has 3 N–H and O–H groups in total. The third-order valence-corrected chi connectivity index (χ3v) is 4.52. The number of hydrogen-bond acceptors (Lipinski definition) is 3. The number of benzene rings is 1. The second-order valence-electron chi connectivity index (χ2n) is 5.42. The van der Waals surface area contributed by atoms with E-state index in [1.165, 1.54) is 11.1 Å². The van der Waals surface area contributed by atoms with Crippen LogP contribution in [0.1, 0.15) is 49.3 Å². The zero-order valence-corrected chi connectivity index (χ0v) is 13.0. The Morgan fingerprint density at radius 2 is 2.30 bits per heavy atom. The van der Waals surface area contributed by atoms with E-state index in [1.807, 2.05) is 23.9 Å². The van der Waals surface area contributed by atoms with Gasteiger partial charge in [0, 0.05) is 12.1 Å². The lowest BCUT2D eigenvalue weighted by Crippen LogP contribution is -2.30. The number of hydrogen-bond donors (Lipinski definition) is 2. The molecule has 1 amide bonds. The van der Waals surface area contributed by atoms with Crippen molar-refractivity contribution in [2.24, 2.45) is 0 Å². The van der Waals surface area contributed by atoms with Crippen LogP contribution in [0.3, 0.4) is 0 Å². The summed E-state index contributed by atoms with van der Waals surface area (Å²) < 4.78 is 0. The Labute approximate surface area is 125 Å². The van der Waals surface area contributed by atoms with Crippen molar-refractivity contribution in [3.8, 4) is 0 Å². The molecule has 1 aromatic rings. The molecule has 0 aromatic heterocycles. The van der Waals surface area contributed by atoms with E-state index in [0.29, 0.717) is 6.42 Å². The number of anilines is 1. The maximum absolute atomic E-state index is 12.0. The van der Waals surface area contributed by atoms with Gasteiger partial charge in [0.05, 0.1) is 6.04 Å². The molecule has 0 aliphatic heterocycles. The summed E-state index contributed by atoms with van der Waals surface area (Å²) in [6.07, 6.45) is 8.06. The third-order valence-electron chi connectivity index (χ3n) is 3.82. The molecule has 1 aliphatic carbocycles. The van der Waals surface area contributed by atoms with Crippen LogP contribution < -0.4 is 11.1 Å². The molecule has 1 aromatic carbocycles. The Balaban J connectivity index is 1.89. The molecule has 0 spiro atoms. The average molecular weight is 292 g/mol. The zero-order chi connectivity index (χ0) is 14.4. The molecule has 0 heterocycles. The van der Waals surface area contributed by atoms with Crippen LogP contribution in [0.5, 0.6) is 0 Å². The second-order valence-corrected chi connectivity index (χ2v) is 6.41. The molecular weight excluding hydrogens is 268 g/mol. The Morgan fingerprint density at radius 1 is 1.45 bits per heavy atom. The van der Waals surface area contributed by atoms with Gasteiger partial charge in [0.15, 0.2) is 0 Å². The van der Waals surface area contributed by atoms with Gasteiger partial charge in [-0.25, -0.2) is 0 Å². The normalized spacial score (nSPS) is 17.6. The van der Waals surface area contributed by atoms with Gasteiger partial charge in [0.2, 0.25) is 5.91 Å². The highest BCUT2D eigenvalue weighted by Crippen LogP contribution is 2.31. The van der Waals surface area contributed by atoms with Gasteiger partial charge in [-0.05, 0) is 67.4 Å². The van der Waals surface area contributed by atoms with Crippen LogP contribution in [-0.2, 0) is 11.2 Å². The average Bonchev–Trinajstić information content (AvgIpc) is 2.43. The number of fused-ring (bicyclic) bond motifs is 1. The number of nitrogens with one attached hydrogen (secondary N) is 1. The molecule has 0 radical (unpaired) electrons. The Morgan fingerprint density at radius 3 is 3.10 bits per heavy atom. The second kappa shape index (κ2) is 7.58. The smallest absolute Gasteiger partial charge is 0.220 e. The lowest BCUT2D eigenvalue weighted by Gasteiger charge is -2.26. The molecule has 110 valence electrons. The van der Waals surface area contributed by atoms with E-state index in [9.17, 15) is 4.79 Å². The predicted octanol–water partition coefficient (Wildman–Crippen LogP) is 3.30. The van der Waals surface area contributed by atoms with Crippen molar-refractivity contribution in [3.63, 3.8) is 0 Å². The SMILES string of the molecule is CSCCCCC(=O)NC1CCCc2cc(N)ccc21. The van der Waals surface area contributed by atoms with Crippen molar-refractivity contribution in [2.75, 3.05) is 17.7 Å². The number of nitrogen functional groups attached to an aromatic ring is 1. The van der Waals surface area contributed by atoms with Crippen LogP contribution in [-0.4, -0.2) is 17.9 Å². The first-order valence-electron chi connectivity index (χ1n) is 7.37. The number of amides is 1. The maximum Gasteiger partial charge on any atom is 0.220 e. The van der Waals surface area contributed by atoms with E-state index in [2.05, 4.69) is 17.6 Å². The first kappa shape index (κ1) is 15.2. The van der Waals surface area contributed by atoms with Gasteiger partial charge in [-0.2, -0.15) is 11.8 Å². The molecule has 20 heavy (non-hydrogen) atoms. The molecule has 3 nitrogen and oxygen atoms in total. The minimum absolute atomic E-state index is 0.174. The fourth-order valence-electron chi connectivity index (χ4n) is 2.78. The van der Waals surface area contributed by atoms with Crippen LogP contribution in [0, 0.1) is 0 Å². The molecule has 0 fully saturated rings. The number of carbonyl (C=O) groups is 1. The van der Waals surface area contributed by atoms with Crippen LogP contribution in [0.15, 0.2) is 18.2 Å². The number of carbonyl (C=O) groups excluding carboxylic acids is 1. The first-order valence-corrected chi connectivity index (χ1v) is 8.76. The quantitative estimate of drug-likeness (QED) is 0.625. The summed E-state index contributed by atoms with van der Waals surface area (Å²) in [4.78, 5) is 12.0. The molecule has 0 saturated heterocycles. The van der Waals surface area contributed by atoms with Crippen LogP contribution in [0.4, 0.5) is 5.69 Å². The van der Waals surface area contributed by atoms with Crippen molar-refractivity contribution in [2.45, 2.75) is 44.6 Å². The summed E-state index contributed by atoms with van der Waals surface area (Å²) in [6.45, 7) is 0. The molecule has 1 atom stereocenters. The van der Waals surface area contributed by atoms with Gasteiger partial charge in [0.1, 0.15) is 0 Å². The standard InChI is InChI=1S/C16H24N2OS/c1-20-10-3-2-7-16(19)18-15-6-4-5-12-11-13(17)8-9-14(12)15/h8-9,11,15H,2-7,10,17H2,1H3,(H,18,19). The molecular formula is C16H24N2OS. The van der Waals surface area contributed by atoms with E-state index < -0.39 is 0 Å². The van der Waals surface area contributed by atoms with E-state index in [-0.39, 0.29) is 11.9 Å². The molecule has 1 unspecified atom stereocenters. The van der Waals surface area contributed by atoms with Crippen molar-refractivity contribution in [1.82, 2.24) is 5.32 Å². The summed E-state index contributed by atoms with van der Waals surface area (Å²) >= 11 is 1.84. The van der Waals surface area contributed by atoms with Crippen molar-refractivity contribution in [1.29, 1.82) is 0 Å². The van der Waals surface area contributed by atoms with Gasteiger partial charge in [-0.15, -0.1) is 0 Å². The first-order chi connectivity index (χ1) is 9.70. The Bertz CT molecular complexity index is 462. The molecule has 2 rings (SSSR count). The van der Waals surface area contributed by atoms with E-state index in [0.717, 1.165) is 43.5 Å². The fraction of sp³-hybridized carbons (Fsp3) is 0.562. The Kier molecular flexibility index (Phi) is 5.77. The zero-order valence-electron chi connectivity index (χ0n) is 12.2. The number of unbranched alkanes of at least 4 members (excludes halogenated alkanes) is 1. The number of rotatable bonds is 6. The molecule has 0 saturated carbocycles. The summed E-state index contributed by atoms with van der Waals surface area (Å²) in [5, 5.41) is 3.18. The maximum atomic E-state index is 12.0. The molecule has 4 heteroatoms. The van der Waals surface area contributed by atoms with Crippen LogP contribution in [0.25, 0.3) is 0 Å². The van der Waals surface area contributed by atoms with Gasteiger partial charge < -0.3 is 11.1 Å². The highest BCUT2D eigenvalue weighted by Gasteiger charge is 2.21. The highest BCUT2D eigenvalue weighted by atomic mass is 32.2. The largest absolute Gasteiger partial charge is 0.399 e.